The zero-order valence-corrected chi connectivity index (χ0v) is 16.0. The van der Waals surface area contributed by atoms with Crippen molar-refractivity contribution in [2.45, 2.75) is 26.9 Å². The number of carbonyl (C=O) groups excluding carboxylic acids is 3. The normalized spacial score (nSPS) is 10.1. The van der Waals surface area contributed by atoms with E-state index in [-0.39, 0.29) is 5.56 Å². The highest BCUT2D eigenvalue weighted by molar-refractivity contribution is 5.97. The van der Waals surface area contributed by atoms with Crippen LogP contribution in [-0.2, 0) is 16.1 Å². The van der Waals surface area contributed by atoms with E-state index in [4.69, 9.17) is 9.47 Å². The van der Waals surface area contributed by atoms with Gasteiger partial charge in [0.05, 0.1) is 5.56 Å². The van der Waals surface area contributed by atoms with Gasteiger partial charge in [-0.05, 0) is 37.1 Å². The lowest BCUT2D eigenvalue weighted by Gasteiger charge is -2.09. The molecule has 0 aromatic heterocycles. The van der Waals surface area contributed by atoms with E-state index in [0.717, 1.165) is 17.5 Å². The molecule has 0 spiro atoms. The van der Waals surface area contributed by atoms with E-state index >= 15 is 0 Å². The van der Waals surface area contributed by atoms with Crippen LogP contribution in [0, 0.1) is 6.92 Å². The summed E-state index contributed by atoms with van der Waals surface area (Å²) in [6.07, 6.45) is 0.749. The molecule has 2 aromatic rings. The smallest absolute Gasteiger partial charge is 0.338 e. The Morgan fingerprint density at radius 3 is 2.57 bits per heavy atom. The Morgan fingerprint density at radius 1 is 1.04 bits per heavy atom. The highest BCUT2D eigenvalue weighted by atomic mass is 16.5. The van der Waals surface area contributed by atoms with Crippen LogP contribution in [0.3, 0.4) is 0 Å². The summed E-state index contributed by atoms with van der Waals surface area (Å²) in [6, 6.07) is 13.8. The first kappa shape index (κ1) is 21.0. The van der Waals surface area contributed by atoms with Crippen LogP contribution in [0.25, 0.3) is 0 Å². The zero-order valence-electron chi connectivity index (χ0n) is 16.0. The highest BCUT2D eigenvalue weighted by Gasteiger charge is 2.13. The van der Waals surface area contributed by atoms with Crippen LogP contribution in [0.5, 0.6) is 5.75 Å². The highest BCUT2D eigenvalue weighted by Crippen LogP contribution is 2.16. The van der Waals surface area contributed by atoms with Crippen molar-refractivity contribution in [3.8, 4) is 5.75 Å². The molecule has 0 saturated heterocycles. The van der Waals surface area contributed by atoms with E-state index < -0.39 is 24.5 Å². The number of amides is 3. The molecule has 0 saturated carbocycles. The second kappa shape index (κ2) is 10.7. The summed E-state index contributed by atoms with van der Waals surface area (Å²) < 4.78 is 10.7. The minimum atomic E-state index is -0.700. The molecule has 0 unspecified atom stereocenters. The maximum absolute atomic E-state index is 12.1. The number of nitrogens with one attached hydrogen (secondary N) is 2. The molecule has 0 radical (unpaired) electrons. The summed E-state index contributed by atoms with van der Waals surface area (Å²) in [5.74, 6) is -0.863. The molecule has 28 heavy (non-hydrogen) atoms. The van der Waals surface area contributed by atoms with E-state index in [0.29, 0.717) is 18.9 Å². The summed E-state index contributed by atoms with van der Waals surface area (Å²) in [7, 11) is 0. The Bertz CT molecular complexity index is 835. The molecule has 7 heteroatoms. The van der Waals surface area contributed by atoms with Crippen LogP contribution in [0.1, 0.15) is 34.8 Å². The molecule has 148 valence electrons. The van der Waals surface area contributed by atoms with Crippen molar-refractivity contribution < 1.29 is 23.9 Å². The number of aryl methyl sites for hydroxylation is 1. The summed E-state index contributed by atoms with van der Waals surface area (Å²) in [4.78, 5) is 35.1. The second-order valence-corrected chi connectivity index (χ2v) is 6.19. The maximum atomic E-state index is 12.1. The van der Waals surface area contributed by atoms with Gasteiger partial charge in [-0.2, -0.15) is 0 Å². The predicted octanol–water partition coefficient (Wildman–Crippen LogP) is 2.97. The molecular formula is C21H24N2O5. The number of ether oxygens (including phenoxy) is 2. The van der Waals surface area contributed by atoms with Crippen molar-refractivity contribution in [1.82, 2.24) is 10.6 Å². The van der Waals surface area contributed by atoms with Crippen LogP contribution < -0.4 is 15.4 Å². The van der Waals surface area contributed by atoms with E-state index in [9.17, 15) is 14.4 Å². The summed E-state index contributed by atoms with van der Waals surface area (Å²) >= 11 is 0. The second-order valence-electron chi connectivity index (χ2n) is 6.19. The van der Waals surface area contributed by atoms with Gasteiger partial charge in [-0.3, -0.25) is 10.1 Å². The van der Waals surface area contributed by atoms with Crippen molar-refractivity contribution in [1.29, 1.82) is 0 Å². The third-order valence-corrected chi connectivity index (χ3v) is 3.68. The number of hydrogen-bond acceptors (Lipinski definition) is 5. The third kappa shape index (κ3) is 7.11. The molecule has 2 aromatic carbocycles. The SMILES string of the molecule is CCCNC(=O)NC(=O)COC(=O)c1cccc(OCc2cccc(C)c2)c1. The summed E-state index contributed by atoms with van der Waals surface area (Å²) in [5, 5.41) is 4.58. The fourth-order valence-electron chi connectivity index (χ4n) is 2.34. The molecule has 0 heterocycles. The summed E-state index contributed by atoms with van der Waals surface area (Å²) in [5.41, 5.74) is 2.41. The Balaban J connectivity index is 1.84. The van der Waals surface area contributed by atoms with Gasteiger partial charge in [0.15, 0.2) is 6.61 Å². The van der Waals surface area contributed by atoms with Crippen LogP contribution in [-0.4, -0.2) is 31.1 Å². The Hall–Kier alpha value is -3.35. The zero-order chi connectivity index (χ0) is 20.4. The largest absolute Gasteiger partial charge is 0.489 e. The molecule has 7 nitrogen and oxygen atoms in total. The van der Waals surface area contributed by atoms with Crippen LogP contribution in [0.4, 0.5) is 4.79 Å². The van der Waals surface area contributed by atoms with Gasteiger partial charge in [-0.15, -0.1) is 0 Å². The average molecular weight is 384 g/mol. The van der Waals surface area contributed by atoms with Gasteiger partial charge in [-0.1, -0.05) is 42.8 Å². The topological polar surface area (TPSA) is 93.7 Å². The van der Waals surface area contributed by atoms with Crippen molar-refractivity contribution in [2.24, 2.45) is 0 Å². The van der Waals surface area contributed by atoms with Crippen molar-refractivity contribution in [2.75, 3.05) is 13.2 Å². The minimum Gasteiger partial charge on any atom is -0.489 e. The summed E-state index contributed by atoms with van der Waals surface area (Å²) in [6.45, 7) is 4.17. The molecule has 2 rings (SSSR count). The number of carbonyl (C=O) groups is 3. The molecule has 0 aliphatic heterocycles. The first-order valence-electron chi connectivity index (χ1n) is 9.01. The van der Waals surface area contributed by atoms with E-state index in [2.05, 4.69) is 10.6 Å². The van der Waals surface area contributed by atoms with Gasteiger partial charge in [-0.25, -0.2) is 9.59 Å². The van der Waals surface area contributed by atoms with Crippen molar-refractivity contribution >= 4 is 17.9 Å². The quantitative estimate of drug-likeness (QED) is 0.683. The monoisotopic (exact) mass is 384 g/mol. The van der Waals surface area contributed by atoms with Gasteiger partial charge in [0.2, 0.25) is 0 Å². The molecule has 0 fully saturated rings. The average Bonchev–Trinajstić information content (AvgIpc) is 2.69. The lowest BCUT2D eigenvalue weighted by Crippen LogP contribution is -2.41. The van der Waals surface area contributed by atoms with Gasteiger partial charge in [0.25, 0.3) is 5.91 Å². The molecule has 3 amide bonds. The number of imide groups is 1. The van der Waals surface area contributed by atoms with Gasteiger partial charge < -0.3 is 14.8 Å². The standard InChI is InChI=1S/C21H24N2O5/c1-3-10-22-21(26)23-19(24)14-28-20(25)17-8-5-9-18(12-17)27-13-16-7-4-6-15(2)11-16/h4-9,11-12H,3,10,13-14H2,1-2H3,(H2,22,23,24,26). The molecule has 0 aliphatic carbocycles. The van der Waals surface area contributed by atoms with E-state index in [1.165, 1.54) is 0 Å². The van der Waals surface area contributed by atoms with Gasteiger partial charge in [0, 0.05) is 6.54 Å². The van der Waals surface area contributed by atoms with Crippen LogP contribution >= 0.6 is 0 Å². The maximum Gasteiger partial charge on any atom is 0.338 e. The third-order valence-electron chi connectivity index (χ3n) is 3.68. The van der Waals surface area contributed by atoms with Crippen molar-refractivity contribution in [3.63, 3.8) is 0 Å². The number of esters is 1. The Labute approximate surface area is 164 Å². The molecule has 0 bridgehead atoms. The first-order chi connectivity index (χ1) is 13.5. The number of urea groups is 1. The molecular weight excluding hydrogens is 360 g/mol. The van der Waals surface area contributed by atoms with Crippen LogP contribution in [0.15, 0.2) is 48.5 Å². The van der Waals surface area contributed by atoms with Gasteiger partial charge in [0.1, 0.15) is 12.4 Å². The predicted molar refractivity (Wildman–Crippen MR) is 104 cm³/mol. The Kier molecular flexibility index (Phi) is 8.02. The number of rotatable bonds is 8. The van der Waals surface area contributed by atoms with E-state index in [1.807, 2.05) is 38.1 Å². The van der Waals surface area contributed by atoms with Gasteiger partial charge >= 0.3 is 12.0 Å². The molecule has 0 aliphatic rings. The minimum absolute atomic E-state index is 0.255. The van der Waals surface area contributed by atoms with Crippen LogP contribution in [0.2, 0.25) is 0 Å². The number of hydrogen-bond donors (Lipinski definition) is 2. The first-order valence-corrected chi connectivity index (χ1v) is 9.01. The lowest BCUT2D eigenvalue weighted by molar-refractivity contribution is -0.123. The molecule has 2 N–H and O–H groups in total. The lowest BCUT2D eigenvalue weighted by atomic mass is 10.1. The molecule has 0 atom stereocenters. The van der Waals surface area contributed by atoms with E-state index in [1.54, 1.807) is 24.3 Å². The fourth-order valence-corrected chi connectivity index (χ4v) is 2.34. The fraction of sp³-hybridized carbons (Fsp3) is 0.286. The van der Waals surface area contributed by atoms with Crippen molar-refractivity contribution in [3.05, 3.63) is 65.2 Å². The number of benzene rings is 2. The Morgan fingerprint density at radius 2 is 1.82 bits per heavy atom.